The normalized spacial score (nSPS) is 10.3. The second-order valence-corrected chi connectivity index (χ2v) is 4.20. The number of thiazole rings is 1. The number of hydrogen-bond donors (Lipinski definition) is 0. The summed E-state index contributed by atoms with van der Waals surface area (Å²) >= 11 is 7.14. The van der Waals surface area contributed by atoms with Crippen molar-refractivity contribution < 1.29 is 4.92 Å². The van der Waals surface area contributed by atoms with Gasteiger partial charge in [0, 0.05) is 23.5 Å². The number of alkyl halides is 1. The van der Waals surface area contributed by atoms with Gasteiger partial charge in [-0.3, -0.25) is 10.1 Å². The minimum absolute atomic E-state index is 0.0492. The van der Waals surface area contributed by atoms with E-state index in [2.05, 4.69) is 4.98 Å². The zero-order chi connectivity index (χ0) is 11.5. The van der Waals surface area contributed by atoms with Crippen molar-refractivity contribution >= 4 is 28.6 Å². The molecule has 0 N–H and O–H groups in total. The maximum absolute atomic E-state index is 10.9. The van der Waals surface area contributed by atoms with E-state index in [1.165, 1.54) is 17.4 Å². The van der Waals surface area contributed by atoms with Crippen molar-refractivity contribution in [2.24, 2.45) is 0 Å². The van der Waals surface area contributed by atoms with Gasteiger partial charge in [-0.15, -0.1) is 22.9 Å². The fraction of sp³-hybridized carbons (Fsp3) is 0.100. The Morgan fingerprint density at radius 3 is 2.88 bits per heavy atom. The van der Waals surface area contributed by atoms with Crippen molar-refractivity contribution in [3.8, 4) is 10.6 Å². The van der Waals surface area contributed by atoms with E-state index in [4.69, 9.17) is 11.6 Å². The summed E-state index contributed by atoms with van der Waals surface area (Å²) in [5, 5.41) is 13.3. The number of nitrogens with zero attached hydrogens (tertiary/aromatic N) is 2. The second-order valence-electron chi connectivity index (χ2n) is 3.04. The summed E-state index contributed by atoms with van der Waals surface area (Å²) in [6, 6.07) is 4.87. The molecule has 6 heteroatoms. The fourth-order valence-corrected chi connectivity index (χ4v) is 2.39. The Morgan fingerprint density at radius 2 is 2.31 bits per heavy atom. The van der Waals surface area contributed by atoms with Gasteiger partial charge in [-0.2, -0.15) is 0 Å². The van der Waals surface area contributed by atoms with E-state index in [-0.39, 0.29) is 11.6 Å². The number of aromatic nitrogens is 1. The van der Waals surface area contributed by atoms with Gasteiger partial charge in [-0.1, -0.05) is 12.1 Å². The van der Waals surface area contributed by atoms with Crippen molar-refractivity contribution in [1.82, 2.24) is 4.98 Å². The van der Waals surface area contributed by atoms with E-state index in [1.807, 2.05) is 0 Å². The maximum Gasteiger partial charge on any atom is 0.279 e. The number of nitro groups is 1. The summed E-state index contributed by atoms with van der Waals surface area (Å²) in [5.41, 5.74) is 1.30. The lowest BCUT2D eigenvalue weighted by Gasteiger charge is -2.04. The second kappa shape index (κ2) is 4.59. The standard InChI is InChI=1S/C10H7ClN2O2S/c11-6-7-2-1-3-8(13(14)15)9(7)10-12-4-5-16-10/h1-5H,6H2. The molecular formula is C10H7ClN2O2S. The maximum atomic E-state index is 10.9. The third kappa shape index (κ3) is 1.91. The molecule has 0 spiro atoms. The molecule has 2 aromatic rings. The number of halogens is 1. The Hall–Kier alpha value is -1.46. The third-order valence-corrected chi connectivity index (χ3v) is 3.19. The van der Waals surface area contributed by atoms with E-state index in [0.29, 0.717) is 10.6 Å². The van der Waals surface area contributed by atoms with Gasteiger partial charge in [0.05, 0.1) is 10.5 Å². The van der Waals surface area contributed by atoms with Crippen LogP contribution in [-0.2, 0) is 5.88 Å². The minimum atomic E-state index is -0.410. The summed E-state index contributed by atoms with van der Waals surface area (Å²) in [4.78, 5) is 14.6. The molecular weight excluding hydrogens is 248 g/mol. The molecule has 0 amide bonds. The van der Waals surface area contributed by atoms with Gasteiger partial charge >= 0.3 is 0 Å². The van der Waals surface area contributed by atoms with Gasteiger partial charge in [0.25, 0.3) is 5.69 Å². The van der Waals surface area contributed by atoms with Crippen molar-refractivity contribution in [3.63, 3.8) is 0 Å². The molecule has 0 aliphatic carbocycles. The Kier molecular flexibility index (Phi) is 3.17. The van der Waals surface area contributed by atoms with Crippen LogP contribution in [0.2, 0.25) is 0 Å². The molecule has 1 heterocycles. The quantitative estimate of drug-likeness (QED) is 0.479. The van der Waals surface area contributed by atoms with E-state index in [0.717, 1.165) is 5.56 Å². The average molecular weight is 255 g/mol. The molecule has 0 fully saturated rings. The van der Waals surface area contributed by atoms with Gasteiger partial charge in [-0.25, -0.2) is 4.98 Å². The SMILES string of the molecule is O=[N+]([O-])c1cccc(CCl)c1-c1nccs1. The fourth-order valence-electron chi connectivity index (χ4n) is 1.44. The van der Waals surface area contributed by atoms with Gasteiger partial charge in [-0.05, 0) is 5.56 Å². The van der Waals surface area contributed by atoms with Gasteiger partial charge in [0.2, 0.25) is 0 Å². The van der Waals surface area contributed by atoms with Crippen molar-refractivity contribution in [1.29, 1.82) is 0 Å². The van der Waals surface area contributed by atoms with Crippen molar-refractivity contribution in [2.75, 3.05) is 0 Å². The highest BCUT2D eigenvalue weighted by Gasteiger charge is 2.20. The average Bonchev–Trinajstić information content (AvgIpc) is 2.81. The van der Waals surface area contributed by atoms with Crippen LogP contribution >= 0.6 is 22.9 Å². The first-order valence-electron chi connectivity index (χ1n) is 4.46. The Balaban J connectivity index is 2.68. The Labute approximate surface area is 101 Å². The van der Waals surface area contributed by atoms with Crippen LogP contribution in [-0.4, -0.2) is 9.91 Å². The number of nitro benzene ring substituents is 1. The summed E-state index contributed by atoms with van der Waals surface area (Å²) < 4.78 is 0. The van der Waals surface area contributed by atoms with Crippen LogP contribution in [0.25, 0.3) is 10.6 Å². The minimum Gasteiger partial charge on any atom is -0.258 e. The summed E-state index contributed by atoms with van der Waals surface area (Å²) in [5.74, 6) is 0.233. The number of benzene rings is 1. The van der Waals surface area contributed by atoms with E-state index in [1.54, 1.807) is 23.7 Å². The van der Waals surface area contributed by atoms with Crippen LogP contribution in [0.1, 0.15) is 5.56 Å². The zero-order valence-electron chi connectivity index (χ0n) is 8.09. The Bertz CT molecular complexity index is 514. The Morgan fingerprint density at radius 1 is 1.50 bits per heavy atom. The van der Waals surface area contributed by atoms with Crippen LogP contribution in [0.3, 0.4) is 0 Å². The number of rotatable bonds is 3. The largest absolute Gasteiger partial charge is 0.279 e. The molecule has 82 valence electrons. The highest BCUT2D eigenvalue weighted by Crippen LogP contribution is 2.34. The predicted molar refractivity (Wildman–Crippen MR) is 63.8 cm³/mol. The molecule has 0 saturated carbocycles. The van der Waals surface area contributed by atoms with E-state index < -0.39 is 4.92 Å². The lowest BCUT2D eigenvalue weighted by atomic mass is 10.1. The lowest BCUT2D eigenvalue weighted by molar-refractivity contribution is -0.384. The monoisotopic (exact) mass is 254 g/mol. The number of hydrogen-bond acceptors (Lipinski definition) is 4. The summed E-state index contributed by atoms with van der Waals surface area (Å²) in [6.07, 6.45) is 1.62. The first-order valence-corrected chi connectivity index (χ1v) is 5.87. The highest BCUT2D eigenvalue weighted by atomic mass is 35.5. The molecule has 0 aliphatic rings. The van der Waals surface area contributed by atoms with Crippen LogP contribution in [0.15, 0.2) is 29.8 Å². The van der Waals surface area contributed by atoms with Gasteiger partial charge in [0.15, 0.2) is 0 Å². The van der Waals surface area contributed by atoms with Crippen LogP contribution in [0.4, 0.5) is 5.69 Å². The topological polar surface area (TPSA) is 56.0 Å². The van der Waals surface area contributed by atoms with Gasteiger partial charge in [0.1, 0.15) is 5.01 Å². The van der Waals surface area contributed by atoms with Crippen LogP contribution in [0, 0.1) is 10.1 Å². The molecule has 2 rings (SSSR count). The molecule has 0 aliphatic heterocycles. The molecule has 1 aromatic carbocycles. The third-order valence-electron chi connectivity index (χ3n) is 2.12. The van der Waals surface area contributed by atoms with E-state index in [9.17, 15) is 10.1 Å². The molecule has 0 unspecified atom stereocenters. The van der Waals surface area contributed by atoms with E-state index >= 15 is 0 Å². The molecule has 0 atom stereocenters. The molecule has 0 bridgehead atoms. The molecule has 4 nitrogen and oxygen atoms in total. The molecule has 0 saturated heterocycles. The van der Waals surface area contributed by atoms with Crippen LogP contribution in [0.5, 0.6) is 0 Å². The summed E-state index contributed by atoms with van der Waals surface area (Å²) in [7, 11) is 0. The molecule has 0 radical (unpaired) electrons. The molecule has 16 heavy (non-hydrogen) atoms. The zero-order valence-corrected chi connectivity index (χ0v) is 9.66. The predicted octanol–water partition coefficient (Wildman–Crippen LogP) is 3.46. The van der Waals surface area contributed by atoms with Gasteiger partial charge < -0.3 is 0 Å². The van der Waals surface area contributed by atoms with Crippen LogP contribution < -0.4 is 0 Å². The first kappa shape index (κ1) is 11.0. The summed E-state index contributed by atoms with van der Waals surface area (Å²) in [6.45, 7) is 0. The van der Waals surface area contributed by atoms with Crippen molar-refractivity contribution in [2.45, 2.75) is 5.88 Å². The molecule has 1 aromatic heterocycles. The highest BCUT2D eigenvalue weighted by molar-refractivity contribution is 7.13. The smallest absolute Gasteiger partial charge is 0.258 e. The lowest BCUT2D eigenvalue weighted by Crippen LogP contribution is -1.95. The first-order chi connectivity index (χ1) is 7.74. The van der Waals surface area contributed by atoms with Crippen molar-refractivity contribution in [3.05, 3.63) is 45.5 Å².